The van der Waals surface area contributed by atoms with E-state index in [9.17, 15) is 0 Å². The molecule has 3 heteroatoms. The molecule has 1 aromatic heterocycles. The van der Waals surface area contributed by atoms with Crippen LogP contribution in [0.1, 0.15) is 20.3 Å². The van der Waals surface area contributed by atoms with Crippen LogP contribution < -0.4 is 10.6 Å². The first kappa shape index (κ1) is 12.7. The summed E-state index contributed by atoms with van der Waals surface area (Å²) in [6.07, 6.45) is 2.91. The maximum atomic E-state index is 6.09. The van der Waals surface area contributed by atoms with E-state index in [2.05, 4.69) is 36.8 Å². The maximum Gasteiger partial charge on any atom is 0.0745 e. The molecule has 0 saturated carbocycles. The van der Waals surface area contributed by atoms with Crippen molar-refractivity contribution < 1.29 is 0 Å². The van der Waals surface area contributed by atoms with Crippen molar-refractivity contribution in [3.05, 3.63) is 30.5 Å². The van der Waals surface area contributed by atoms with Crippen molar-refractivity contribution in [1.82, 2.24) is 4.98 Å². The molecule has 2 N–H and O–H groups in total. The molecule has 0 unspecified atom stereocenters. The minimum absolute atomic E-state index is 0.696. The van der Waals surface area contributed by atoms with E-state index in [4.69, 9.17) is 5.73 Å². The molecular weight excluding hydrogens is 222 g/mol. The van der Waals surface area contributed by atoms with Gasteiger partial charge in [-0.2, -0.15) is 0 Å². The van der Waals surface area contributed by atoms with Gasteiger partial charge < -0.3 is 10.6 Å². The number of hydrogen-bond donors (Lipinski definition) is 1. The fraction of sp³-hybridized carbons (Fsp3) is 0.400. The normalized spacial score (nSPS) is 11.1. The highest BCUT2D eigenvalue weighted by molar-refractivity contribution is 5.97. The van der Waals surface area contributed by atoms with Crippen LogP contribution in [0.3, 0.4) is 0 Å². The van der Waals surface area contributed by atoms with E-state index in [1.54, 1.807) is 6.20 Å². The zero-order chi connectivity index (χ0) is 13.1. The first-order valence-electron chi connectivity index (χ1n) is 6.44. The molecular formula is C15H21N3. The van der Waals surface area contributed by atoms with E-state index in [-0.39, 0.29) is 0 Å². The Labute approximate surface area is 109 Å². The summed E-state index contributed by atoms with van der Waals surface area (Å²) in [5, 5.41) is 1.13. The summed E-state index contributed by atoms with van der Waals surface area (Å²) in [5.74, 6) is 0.696. The van der Waals surface area contributed by atoms with Gasteiger partial charge in [-0.3, -0.25) is 4.98 Å². The number of rotatable bonds is 4. The van der Waals surface area contributed by atoms with Crippen LogP contribution in [-0.2, 0) is 0 Å². The van der Waals surface area contributed by atoms with Crippen LogP contribution in [0.15, 0.2) is 30.5 Å². The number of pyridine rings is 1. The summed E-state index contributed by atoms with van der Waals surface area (Å²) in [6.45, 7) is 5.49. The fourth-order valence-electron chi connectivity index (χ4n) is 2.13. The van der Waals surface area contributed by atoms with Gasteiger partial charge in [0.1, 0.15) is 0 Å². The van der Waals surface area contributed by atoms with Crippen molar-refractivity contribution in [2.24, 2.45) is 5.92 Å². The third-order valence-electron chi connectivity index (χ3n) is 3.20. The van der Waals surface area contributed by atoms with Crippen LogP contribution in [0.5, 0.6) is 0 Å². The molecule has 2 aromatic rings. The van der Waals surface area contributed by atoms with Gasteiger partial charge in [0.25, 0.3) is 0 Å². The Morgan fingerprint density at radius 2 is 2.00 bits per heavy atom. The second kappa shape index (κ2) is 5.25. The largest absolute Gasteiger partial charge is 0.396 e. The van der Waals surface area contributed by atoms with Gasteiger partial charge in [-0.15, -0.1) is 0 Å². The molecule has 2 rings (SSSR count). The smallest absolute Gasteiger partial charge is 0.0745 e. The fourth-order valence-corrected chi connectivity index (χ4v) is 2.13. The molecule has 1 aromatic carbocycles. The van der Waals surface area contributed by atoms with Crippen LogP contribution in [-0.4, -0.2) is 18.6 Å². The summed E-state index contributed by atoms with van der Waals surface area (Å²) in [5.41, 5.74) is 8.94. The molecule has 0 fully saturated rings. The molecule has 0 saturated heterocycles. The van der Waals surface area contributed by atoms with E-state index in [0.29, 0.717) is 5.92 Å². The third kappa shape index (κ3) is 2.55. The quantitative estimate of drug-likeness (QED) is 0.896. The number of nitrogens with two attached hydrogens (primary N) is 1. The number of para-hydroxylation sites is 1. The summed E-state index contributed by atoms with van der Waals surface area (Å²) in [7, 11) is 2.10. The van der Waals surface area contributed by atoms with Crippen LogP contribution in [0, 0.1) is 5.92 Å². The van der Waals surface area contributed by atoms with Crippen LogP contribution in [0.4, 0.5) is 11.4 Å². The van der Waals surface area contributed by atoms with Crippen molar-refractivity contribution >= 4 is 22.3 Å². The second-order valence-electron chi connectivity index (χ2n) is 5.18. The van der Waals surface area contributed by atoms with E-state index in [0.717, 1.165) is 35.2 Å². The van der Waals surface area contributed by atoms with Gasteiger partial charge in [0, 0.05) is 19.0 Å². The lowest BCUT2D eigenvalue weighted by atomic mass is 10.1. The molecule has 0 amide bonds. The molecule has 18 heavy (non-hydrogen) atoms. The summed E-state index contributed by atoms with van der Waals surface area (Å²) in [4.78, 5) is 6.60. The van der Waals surface area contributed by atoms with Crippen LogP contribution in [0.25, 0.3) is 10.9 Å². The standard InChI is InChI=1S/C15H21N3/c1-11(2)8-9-18(3)15-12-6-4-5-7-14(12)17-10-13(15)16/h4-7,10-11H,8-9,16H2,1-3H3. The van der Waals surface area contributed by atoms with Gasteiger partial charge in [-0.1, -0.05) is 32.0 Å². The lowest BCUT2D eigenvalue weighted by Crippen LogP contribution is -2.21. The zero-order valence-corrected chi connectivity index (χ0v) is 11.4. The number of nitrogens with zero attached hydrogens (tertiary/aromatic N) is 2. The molecule has 0 aliphatic heterocycles. The summed E-state index contributed by atoms with van der Waals surface area (Å²) >= 11 is 0. The summed E-state index contributed by atoms with van der Waals surface area (Å²) in [6, 6.07) is 8.14. The minimum atomic E-state index is 0.696. The SMILES string of the molecule is CC(C)CCN(C)c1c(N)cnc2ccccc12. The van der Waals surface area contributed by atoms with Crippen molar-refractivity contribution in [2.45, 2.75) is 20.3 Å². The van der Waals surface area contributed by atoms with Gasteiger partial charge >= 0.3 is 0 Å². The highest BCUT2D eigenvalue weighted by atomic mass is 15.1. The van der Waals surface area contributed by atoms with Crippen molar-refractivity contribution in [3.63, 3.8) is 0 Å². The van der Waals surface area contributed by atoms with Gasteiger partial charge in [-0.05, 0) is 18.4 Å². The van der Waals surface area contributed by atoms with E-state index >= 15 is 0 Å². The van der Waals surface area contributed by atoms with Crippen LogP contribution in [0.2, 0.25) is 0 Å². The predicted molar refractivity (Wildman–Crippen MR) is 78.9 cm³/mol. The molecule has 96 valence electrons. The van der Waals surface area contributed by atoms with Crippen molar-refractivity contribution in [1.29, 1.82) is 0 Å². The highest BCUT2D eigenvalue weighted by Gasteiger charge is 2.11. The van der Waals surface area contributed by atoms with Gasteiger partial charge in [0.05, 0.1) is 23.1 Å². The summed E-state index contributed by atoms with van der Waals surface area (Å²) < 4.78 is 0. The minimum Gasteiger partial charge on any atom is -0.396 e. The molecule has 3 nitrogen and oxygen atoms in total. The molecule has 0 spiro atoms. The van der Waals surface area contributed by atoms with Gasteiger partial charge in [0.2, 0.25) is 0 Å². The Balaban J connectivity index is 2.39. The lowest BCUT2D eigenvalue weighted by molar-refractivity contribution is 0.586. The Kier molecular flexibility index (Phi) is 3.70. The van der Waals surface area contributed by atoms with Gasteiger partial charge in [-0.25, -0.2) is 0 Å². The maximum absolute atomic E-state index is 6.09. The Morgan fingerprint density at radius 1 is 1.28 bits per heavy atom. The molecule has 0 bridgehead atoms. The predicted octanol–water partition coefficient (Wildman–Crippen LogP) is 3.30. The van der Waals surface area contributed by atoms with E-state index < -0.39 is 0 Å². The topological polar surface area (TPSA) is 42.1 Å². The molecule has 1 heterocycles. The average Bonchev–Trinajstić information content (AvgIpc) is 2.36. The Morgan fingerprint density at radius 3 is 2.72 bits per heavy atom. The molecule has 0 aliphatic rings. The number of nitrogen functional groups attached to an aromatic ring is 1. The Bertz CT molecular complexity index is 534. The number of benzene rings is 1. The van der Waals surface area contributed by atoms with Gasteiger partial charge in [0.15, 0.2) is 0 Å². The Hall–Kier alpha value is -1.77. The number of fused-ring (bicyclic) bond motifs is 1. The molecule has 0 aliphatic carbocycles. The first-order chi connectivity index (χ1) is 8.59. The zero-order valence-electron chi connectivity index (χ0n) is 11.4. The average molecular weight is 243 g/mol. The number of anilines is 2. The van der Waals surface area contributed by atoms with Crippen molar-refractivity contribution in [2.75, 3.05) is 24.2 Å². The van der Waals surface area contributed by atoms with Crippen LogP contribution >= 0.6 is 0 Å². The molecule has 0 atom stereocenters. The second-order valence-corrected chi connectivity index (χ2v) is 5.18. The van der Waals surface area contributed by atoms with E-state index in [1.165, 1.54) is 0 Å². The number of hydrogen-bond acceptors (Lipinski definition) is 3. The monoisotopic (exact) mass is 243 g/mol. The lowest BCUT2D eigenvalue weighted by Gasteiger charge is -2.23. The first-order valence-corrected chi connectivity index (χ1v) is 6.44. The van der Waals surface area contributed by atoms with E-state index in [1.807, 2.05) is 18.2 Å². The van der Waals surface area contributed by atoms with Crippen molar-refractivity contribution in [3.8, 4) is 0 Å². The molecule has 0 radical (unpaired) electrons. The highest BCUT2D eigenvalue weighted by Crippen LogP contribution is 2.30. The third-order valence-corrected chi connectivity index (χ3v) is 3.20. The number of aromatic nitrogens is 1.